The average molecular weight is 162 g/mol. The molecule has 0 bridgehead atoms. The lowest BCUT2D eigenvalue weighted by atomic mass is 10.1. The van der Waals surface area contributed by atoms with Crippen LogP contribution >= 0.6 is 0 Å². The molecule has 0 heteroatoms. The van der Waals surface area contributed by atoms with E-state index in [1.54, 1.807) is 5.57 Å². The lowest BCUT2D eigenvalue weighted by Crippen LogP contribution is -1.80. The largest absolute Gasteiger partial charge is 0.0955 e. The first kappa shape index (κ1) is 9.31. The summed E-state index contributed by atoms with van der Waals surface area (Å²) < 4.78 is 0. The second-order valence-corrected chi connectivity index (χ2v) is 3.45. The molecule has 0 aromatic carbocycles. The van der Waals surface area contributed by atoms with E-state index in [0.717, 1.165) is 12.8 Å². The zero-order valence-corrected chi connectivity index (χ0v) is 8.19. The summed E-state index contributed by atoms with van der Waals surface area (Å²) in [4.78, 5) is 0. The van der Waals surface area contributed by atoms with E-state index in [4.69, 9.17) is 0 Å². The monoisotopic (exact) mass is 162 g/mol. The van der Waals surface area contributed by atoms with E-state index in [1.165, 1.54) is 24.0 Å². The van der Waals surface area contributed by atoms with Crippen LogP contribution in [0.5, 0.6) is 0 Å². The molecule has 0 atom stereocenters. The summed E-state index contributed by atoms with van der Waals surface area (Å²) in [5.41, 5.74) is 4.40. The molecular formula is C12H18. The van der Waals surface area contributed by atoms with Crippen LogP contribution in [-0.2, 0) is 0 Å². The van der Waals surface area contributed by atoms with E-state index in [2.05, 4.69) is 32.6 Å². The Morgan fingerprint density at radius 1 is 1.33 bits per heavy atom. The number of allylic oxidation sites excluding steroid dienone is 5. The average Bonchev–Trinajstić information content (AvgIpc) is 2.35. The molecule has 0 fully saturated rings. The minimum Gasteiger partial charge on any atom is -0.0955 e. The Labute approximate surface area is 75.7 Å². The van der Waals surface area contributed by atoms with Crippen molar-refractivity contribution in [1.29, 1.82) is 0 Å². The summed E-state index contributed by atoms with van der Waals surface area (Å²) >= 11 is 0. The van der Waals surface area contributed by atoms with Crippen molar-refractivity contribution < 1.29 is 0 Å². The van der Waals surface area contributed by atoms with Crippen molar-refractivity contribution in [2.75, 3.05) is 0 Å². The van der Waals surface area contributed by atoms with Crippen LogP contribution in [0.25, 0.3) is 0 Å². The molecule has 0 radical (unpaired) electrons. The first-order valence-corrected chi connectivity index (χ1v) is 4.77. The van der Waals surface area contributed by atoms with Crippen LogP contribution in [0.2, 0.25) is 0 Å². The summed E-state index contributed by atoms with van der Waals surface area (Å²) in [6.45, 7) is 8.47. The van der Waals surface area contributed by atoms with Gasteiger partial charge < -0.3 is 0 Å². The number of rotatable bonds is 3. The third kappa shape index (κ3) is 2.10. The Morgan fingerprint density at radius 3 is 2.58 bits per heavy atom. The predicted molar refractivity (Wildman–Crippen MR) is 55.1 cm³/mol. The second-order valence-electron chi connectivity index (χ2n) is 3.45. The molecule has 1 aliphatic rings. The van der Waals surface area contributed by atoms with Crippen molar-refractivity contribution in [1.82, 2.24) is 0 Å². The maximum Gasteiger partial charge on any atom is -0.00955 e. The molecule has 1 rings (SSSR count). The van der Waals surface area contributed by atoms with Gasteiger partial charge in [0.2, 0.25) is 0 Å². The van der Waals surface area contributed by atoms with Gasteiger partial charge in [0.1, 0.15) is 0 Å². The van der Waals surface area contributed by atoms with Crippen LogP contribution in [0.15, 0.2) is 35.5 Å². The molecule has 0 heterocycles. The highest BCUT2D eigenvalue weighted by Crippen LogP contribution is 2.31. The van der Waals surface area contributed by atoms with Crippen LogP contribution in [0, 0.1) is 0 Å². The normalized spacial score (nSPS) is 18.3. The van der Waals surface area contributed by atoms with Crippen molar-refractivity contribution >= 4 is 0 Å². The summed E-state index contributed by atoms with van der Waals surface area (Å²) in [6, 6.07) is 0. The van der Waals surface area contributed by atoms with Crippen LogP contribution in [0.1, 0.15) is 39.5 Å². The minimum absolute atomic E-state index is 1.10. The van der Waals surface area contributed by atoms with Gasteiger partial charge in [0, 0.05) is 0 Å². The Morgan fingerprint density at radius 2 is 2.08 bits per heavy atom. The van der Waals surface area contributed by atoms with E-state index < -0.39 is 0 Å². The summed E-state index contributed by atoms with van der Waals surface area (Å²) in [5, 5.41) is 0. The molecule has 12 heavy (non-hydrogen) atoms. The molecule has 66 valence electrons. The van der Waals surface area contributed by atoms with Gasteiger partial charge in [-0.3, -0.25) is 0 Å². The highest BCUT2D eigenvalue weighted by Gasteiger charge is 2.12. The molecule has 0 amide bonds. The van der Waals surface area contributed by atoms with Crippen molar-refractivity contribution in [2.45, 2.75) is 39.5 Å². The summed E-state index contributed by atoms with van der Waals surface area (Å²) in [6.07, 6.45) is 9.13. The maximum atomic E-state index is 4.07. The molecule has 0 saturated heterocycles. The van der Waals surface area contributed by atoms with Crippen molar-refractivity contribution in [3.63, 3.8) is 0 Å². The van der Waals surface area contributed by atoms with E-state index in [9.17, 15) is 0 Å². The maximum absolute atomic E-state index is 4.07. The third-order valence-electron chi connectivity index (χ3n) is 2.47. The Kier molecular flexibility index (Phi) is 3.33. The van der Waals surface area contributed by atoms with Crippen molar-refractivity contribution in [3.8, 4) is 0 Å². The second kappa shape index (κ2) is 4.30. The fraction of sp³-hybridized carbons (Fsp3) is 0.500. The molecule has 0 aliphatic heterocycles. The van der Waals surface area contributed by atoms with Gasteiger partial charge in [-0.25, -0.2) is 0 Å². The topological polar surface area (TPSA) is 0 Å². The highest BCUT2D eigenvalue weighted by atomic mass is 14.2. The van der Waals surface area contributed by atoms with Gasteiger partial charge in [0.25, 0.3) is 0 Å². The lowest BCUT2D eigenvalue weighted by Gasteiger charge is -2.00. The Balaban J connectivity index is 2.55. The fourth-order valence-corrected chi connectivity index (χ4v) is 1.63. The van der Waals surface area contributed by atoms with Gasteiger partial charge in [-0.05, 0) is 38.2 Å². The zero-order chi connectivity index (χ0) is 8.97. The standard InChI is InChI=1S/C12H18/c1-4-5-6-7-12-10(2)8-9-11(12)3/h5-6H,2,4,7-9H2,1,3H3. The quantitative estimate of drug-likeness (QED) is 0.550. The van der Waals surface area contributed by atoms with Crippen LogP contribution < -0.4 is 0 Å². The Bertz CT molecular complexity index is 228. The Hall–Kier alpha value is -0.780. The third-order valence-corrected chi connectivity index (χ3v) is 2.47. The first-order valence-electron chi connectivity index (χ1n) is 4.77. The van der Waals surface area contributed by atoms with Gasteiger partial charge in [0.15, 0.2) is 0 Å². The molecule has 0 N–H and O–H groups in total. The molecule has 1 aliphatic carbocycles. The van der Waals surface area contributed by atoms with Crippen molar-refractivity contribution in [2.24, 2.45) is 0 Å². The van der Waals surface area contributed by atoms with Gasteiger partial charge in [0.05, 0.1) is 0 Å². The molecule has 0 unspecified atom stereocenters. The van der Waals surface area contributed by atoms with E-state index in [-0.39, 0.29) is 0 Å². The lowest BCUT2D eigenvalue weighted by molar-refractivity contribution is 1.01. The van der Waals surface area contributed by atoms with E-state index in [1.807, 2.05) is 0 Å². The van der Waals surface area contributed by atoms with E-state index in [0.29, 0.717) is 0 Å². The summed E-state index contributed by atoms with van der Waals surface area (Å²) in [7, 11) is 0. The van der Waals surface area contributed by atoms with Crippen LogP contribution in [0.3, 0.4) is 0 Å². The van der Waals surface area contributed by atoms with Gasteiger partial charge >= 0.3 is 0 Å². The van der Waals surface area contributed by atoms with Crippen LogP contribution in [0.4, 0.5) is 0 Å². The molecule has 0 spiro atoms. The smallest absolute Gasteiger partial charge is 0.00955 e. The number of hydrogen-bond acceptors (Lipinski definition) is 0. The van der Waals surface area contributed by atoms with Crippen molar-refractivity contribution in [3.05, 3.63) is 35.5 Å². The number of hydrogen-bond donors (Lipinski definition) is 0. The molecule has 0 aromatic rings. The predicted octanol–water partition coefficient (Wildman–Crippen LogP) is 4.01. The first-order chi connectivity index (χ1) is 5.75. The van der Waals surface area contributed by atoms with Crippen LogP contribution in [-0.4, -0.2) is 0 Å². The zero-order valence-electron chi connectivity index (χ0n) is 8.19. The molecule has 0 nitrogen and oxygen atoms in total. The highest BCUT2D eigenvalue weighted by molar-refractivity contribution is 5.39. The molecule has 0 aromatic heterocycles. The molecular weight excluding hydrogens is 144 g/mol. The fourth-order valence-electron chi connectivity index (χ4n) is 1.63. The van der Waals surface area contributed by atoms with Gasteiger partial charge in [-0.1, -0.05) is 36.8 Å². The molecule has 0 saturated carbocycles. The summed E-state index contributed by atoms with van der Waals surface area (Å²) in [5.74, 6) is 0. The minimum atomic E-state index is 1.10. The van der Waals surface area contributed by atoms with Gasteiger partial charge in [-0.15, -0.1) is 0 Å². The SMILES string of the molecule is C=C1CCC(C)=C1CC=CCC. The van der Waals surface area contributed by atoms with Gasteiger partial charge in [-0.2, -0.15) is 0 Å². The van der Waals surface area contributed by atoms with E-state index >= 15 is 0 Å².